The molecule has 5 heteroatoms. The van der Waals surface area contributed by atoms with Crippen LogP contribution in [0.4, 0.5) is 8.78 Å². The predicted molar refractivity (Wildman–Crippen MR) is 65.9 cm³/mol. The molecule has 17 heavy (non-hydrogen) atoms. The monoisotopic (exact) mass is 305 g/mol. The van der Waals surface area contributed by atoms with Crippen LogP contribution in [-0.2, 0) is 0 Å². The van der Waals surface area contributed by atoms with Crippen molar-refractivity contribution in [1.29, 1.82) is 0 Å². The highest BCUT2D eigenvalue weighted by Crippen LogP contribution is 2.23. The Morgan fingerprint density at radius 2 is 2.12 bits per heavy atom. The van der Waals surface area contributed by atoms with Crippen molar-refractivity contribution in [1.82, 2.24) is 0 Å². The van der Waals surface area contributed by atoms with Crippen LogP contribution in [0.3, 0.4) is 0 Å². The summed E-state index contributed by atoms with van der Waals surface area (Å²) < 4.78 is 27.0. The third kappa shape index (κ3) is 3.85. The fraction of sp³-hybridized carbons (Fsp3) is 0.417. The van der Waals surface area contributed by atoms with Gasteiger partial charge in [0.15, 0.2) is 11.6 Å². The molecule has 1 atom stereocenters. The van der Waals surface area contributed by atoms with Crippen LogP contribution in [0.1, 0.15) is 36.5 Å². The average Bonchev–Trinajstić information content (AvgIpc) is 2.23. The zero-order valence-corrected chi connectivity index (χ0v) is 11.1. The second-order valence-corrected chi connectivity index (χ2v) is 4.87. The molecule has 1 unspecified atom stereocenters. The van der Waals surface area contributed by atoms with Gasteiger partial charge in [0.2, 0.25) is 0 Å². The summed E-state index contributed by atoms with van der Waals surface area (Å²) in [5, 5.41) is 0. The standard InChI is InChI=1S/C12H14BrF2NO/c1-7(16)3-2-4-10(17)11-9(14)6-5-8(13)12(11)15/h5-7H,2-4,16H2,1H3. The highest BCUT2D eigenvalue weighted by molar-refractivity contribution is 9.10. The van der Waals surface area contributed by atoms with E-state index in [1.807, 2.05) is 6.92 Å². The molecule has 1 aromatic rings. The highest BCUT2D eigenvalue weighted by atomic mass is 79.9. The van der Waals surface area contributed by atoms with Crippen LogP contribution in [0.15, 0.2) is 16.6 Å². The molecule has 0 spiro atoms. The van der Waals surface area contributed by atoms with Crippen molar-refractivity contribution in [2.75, 3.05) is 0 Å². The molecule has 94 valence electrons. The van der Waals surface area contributed by atoms with Crippen LogP contribution >= 0.6 is 15.9 Å². The molecule has 0 aliphatic heterocycles. The molecule has 2 N–H and O–H groups in total. The van der Waals surface area contributed by atoms with E-state index in [9.17, 15) is 13.6 Å². The topological polar surface area (TPSA) is 43.1 Å². The minimum absolute atomic E-state index is 0.0139. The van der Waals surface area contributed by atoms with Gasteiger partial charge in [-0.05, 0) is 47.8 Å². The molecule has 0 radical (unpaired) electrons. The minimum atomic E-state index is -0.837. The molecule has 0 aliphatic rings. The zero-order chi connectivity index (χ0) is 13.0. The second-order valence-electron chi connectivity index (χ2n) is 4.01. The van der Waals surface area contributed by atoms with Gasteiger partial charge in [-0.25, -0.2) is 8.78 Å². The van der Waals surface area contributed by atoms with Crippen LogP contribution in [0.5, 0.6) is 0 Å². The van der Waals surface area contributed by atoms with E-state index >= 15 is 0 Å². The average molecular weight is 306 g/mol. The lowest BCUT2D eigenvalue weighted by molar-refractivity contribution is 0.0970. The first kappa shape index (κ1) is 14.3. The largest absolute Gasteiger partial charge is 0.328 e. The van der Waals surface area contributed by atoms with Gasteiger partial charge in [0.05, 0.1) is 10.0 Å². The molecule has 1 aromatic carbocycles. The number of benzene rings is 1. The quantitative estimate of drug-likeness (QED) is 0.669. The van der Waals surface area contributed by atoms with Crippen LogP contribution in [0.2, 0.25) is 0 Å². The van der Waals surface area contributed by atoms with Gasteiger partial charge in [-0.3, -0.25) is 4.79 Å². The molecule has 0 saturated carbocycles. The Kier molecular flexibility index (Phi) is 5.21. The van der Waals surface area contributed by atoms with E-state index in [4.69, 9.17) is 5.73 Å². The summed E-state index contributed by atoms with van der Waals surface area (Å²) in [6, 6.07) is 2.30. The molecule has 0 aliphatic carbocycles. The number of hydrogen-bond donors (Lipinski definition) is 1. The Morgan fingerprint density at radius 1 is 1.47 bits per heavy atom. The molecular formula is C12H14BrF2NO. The first-order chi connectivity index (χ1) is 7.93. The fourth-order valence-corrected chi connectivity index (χ4v) is 1.82. The molecular weight excluding hydrogens is 292 g/mol. The van der Waals surface area contributed by atoms with Gasteiger partial charge in [-0.2, -0.15) is 0 Å². The number of rotatable bonds is 5. The fourth-order valence-electron chi connectivity index (χ4n) is 1.49. The number of carbonyl (C=O) groups excluding carboxylic acids is 1. The van der Waals surface area contributed by atoms with Gasteiger partial charge in [-0.1, -0.05) is 0 Å². The summed E-state index contributed by atoms with van der Waals surface area (Å²) in [5.74, 6) is -2.19. The molecule has 0 amide bonds. The lowest BCUT2D eigenvalue weighted by Crippen LogP contribution is -2.15. The van der Waals surface area contributed by atoms with E-state index in [-0.39, 0.29) is 16.9 Å². The number of Topliss-reactive ketones (excluding diaryl/α,β-unsaturated/α-hetero) is 1. The van der Waals surface area contributed by atoms with Crippen molar-refractivity contribution in [2.45, 2.75) is 32.2 Å². The summed E-state index contributed by atoms with van der Waals surface area (Å²) in [4.78, 5) is 11.7. The maximum absolute atomic E-state index is 13.6. The predicted octanol–water partition coefficient (Wildman–Crippen LogP) is 3.43. The van der Waals surface area contributed by atoms with Gasteiger partial charge in [-0.15, -0.1) is 0 Å². The number of hydrogen-bond acceptors (Lipinski definition) is 2. The molecule has 0 heterocycles. The van der Waals surface area contributed by atoms with Crippen LogP contribution in [-0.4, -0.2) is 11.8 Å². The van der Waals surface area contributed by atoms with Crippen LogP contribution < -0.4 is 5.73 Å². The number of halogens is 3. The van der Waals surface area contributed by atoms with E-state index in [2.05, 4.69) is 15.9 Å². The Hall–Kier alpha value is -0.810. The van der Waals surface area contributed by atoms with Crippen molar-refractivity contribution in [3.8, 4) is 0 Å². The van der Waals surface area contributed by atoms with E-state index in [0.717, 1.165) is 6.07 Å². The van der Waals surface area contributed by atoms with Gasteiger partial charge < -0.3 is 5.73 Å². The highest BCUT2D eigenvalue weighted by Gasteiger charge is 2.19. The van der Waals surface area contributed by atoms with Crippen molar-refractivity contribution >= 4 is 21.7 Å². The first-order valence-electron chi connectivity index (χ1n) is 5.35. The Labute approximate surface area is 107 Å². The zero-order valence-electron chi connectivity index (χ0n) is 9.47. The van der Waals surface area contributed by atoms with Crippen LogP contribution in [0, 0.1) is 11.6 Å². The normalized spacial score (nSPS) is 12.5. The molecule has 0 fully saturated rings. The second kappa shape index (κ2) is 6.21. The van der Waals surface area contributed by atoms with Crippen molar-refractivity contribution in [3.63, 3.8) is 0 Å². The first-order valence-corrected chi connectivity index (χ1v) is 6.15. The summed E-state index contributed by atoms with van der Waals surface area (Å²) in [5.41, 5.74) is 5.07. The minimum Gasteiger partial charge on any atom is -0.328 e. The Bertz CT molecular complexity index is 421. The smallest absolute Gasteiger partial charge is 0.168 e. The van der Waals surface area contributed by atoms with E-state index in [0.29, 0.717) is 12.8 Å². The molecule has 1 rings (SSSR count). The van der Waals surface area contributed by atoms with Gasteiger partial charge in [0.1, 0.15) is 5.82 Å². The Balaban J connectivity index is 2.79. The molecule has 0 saturated heterocycles. The number of ketones is 1. The third-order valence-corrected chi connectivity index (χ3v) is 3.00. The van der Waals surface area contributed by atoms with E-state index in [1.54, 1.807) is 0 Å². The summed E-state index contributed by atoms with van der Waals surface area (Å²) >= 11 is 2.93. The van der Waals surface area contributed by atoms with Gasteiger partial charge in [0, 0.05) is 12.5 Å². The molecule has 0 bridgehead atoms. The third-order valence-electron chi connectivity index (χ3n) is 2.39. The number of nitrogens with two attached hydrogens (primary N) is 1. The SMILES string of the molecule is CC(N)CCCC(=O)c1c(F)ccc(Br)c1F. The van der Waals surface area contributed by atoms with Gasteiger partial charge in [0.25, 0.3) is 0 Å². The van der Waals surface area contributed by atoms with Gasteiger partial charge >= 0.3 is 0 Å². The lowest BCUT2D eigenvalue weighted by atomic mass is 10.0. The summed E-state index contributed by atoms with van der Waals surface area (Å²) in [6.45, 7) is 1.82. The maximum Gasteiger partial charge on any atom is 0.168 e. The van der Waals surface area contributed by atoms with Crippen LogP contribution in [0.25, 0.3) is 0 Å². The van der Waals surface area contributed by atoms with Crippen molar-refractivity contribution in [3.05, 3.63) is 33.8 Å². The molecule has 2 nitrogen and oxygen atoms in total. The van der Waals surface area contributed by atoms with Crippen molar-refractivity contribution in [2.24, 2.45) is 5.73 Å². The van der Waals surface area contributed by atoms with Crippen molar-refractivity contribution < 1.29 is 13.6 Å². The number of carbonyl (C=O) groups is 1. The summed E-state index contributed by atoms with van der Waals surface area (Å²) in [7, 11) is 0. The lowest BCUT2D eigenvalue weighted by Gasteiger charge is -2.07. The summed E-state index contributed by atoms with van der Waals surface area (Å²) in [6.07, 6.45) is 1.29. The molecule has 0 aromatic heterocycles. The van der Waals surface area contributed by atoms with E-state index in [1.165, 1.54) is 6.07 Å². The maximum atomic E-state index is 13.6. The van der Waals surface area contributed by atoms with E-state index < -0.39 is 23.0 Å². The Morgan fingerprint density at radius 3 is 2.71 bits per heavy atom.